The van der Waals surface area contributed by atoms with Crippen LogP contribution in [0.1, 0.15) is 33.4 Å². The lowest BCUT2D eigenvalue weighted by Crippen LogP contribution is -2.54. The van der Waals surface area contributed by atoms with Crippen molar-refractivity contribution < 1.29 is 0 Å². The third kappa shape index (κ3) is 5.63. The maximum Gasteiger partial charge on any atom is 0.0535 e. The molecule has 3 aliphatic carbocycles. The summed E-state index contributed by atoms with van der Waals surface area (Å²) in [6.07, 6.45) is 9.64. The SMILES string of the molecule is C1=CC2C(C=C1)C1(c3ccccc3-c3ccc(-c4cccc(-c5cccc(N(c6ccccc6)c6ccccc6)c5)c4)cc31)c1ccccc1C2(c1ccccc1)c1ccccc1. The van der Waals surface area contributed by atoms with Crippen molar-refractivity contribution in [1.29, 1.82) is 0 Å². The Labute approximate surface area is 370 Å². The molecule has 0 saturated carbocycles. The molecular formula is C62H45N. The van der Waals surface area contributed by atoms with Crippen molar-refractivity contribution >= 4 is 17.1 Å². The predicted octanol–water partition coefficient (Wildman–Crippen LogP) is 15.5. The zero-order valence-corrected chi connectivity index (χ0v) is 34.9. The van der Waals surface area contributed by atoms with E-state index in [-0.39, 0.29) is 11.8 Å². The number of nitrogens with zero attached hydrogens (tertiary/aromatic N) is 1. The number of hydrogen-bond acceptors (Lipinski definition) is 1. The van der Waals surface area contributed by atoms with Gasteiger partial charge in [-0.15, -0.1) is 0 Å². The number of rotatable bonds is 7. The van der Waals surface area contributed by atoms with E-state index in [0.717, 1.165) is 17.1 Å². The van der Waals surface area contributed by atoms with Crippen LogP contribution in [-0.2, 0) is 10.8 Å². The van der Waals surface area contributed by atoms with Crippen molar-refractivity contribution in [3.05, 3.63) is 294 Å². The molecule has 1 heteroatoms. The van der Waals surface area contributed by atoms with Gasteiger partial charge in [0.1, 0.15) is 0 Å². The highest BCUT2D eigenvalue weighted by Gasteiger charge is 2.62. The van der Waals surface area contributed by atoms with Crippen molar-refractivity contribution in [2.75, 3.05) is 4.90 Å². The molecule has 298 valence electrons. The number of allylic oxidation sites excluding steroid dienone is 4. The van der Waals surface area contributed by atoms with Crippen LogP contribution < -0.4 is 4.90 Å². The van der Waals surface area contributed by atoms with Crippen LogP contribution in [0.2, 0.25) is 0 Å². The Bertz CT molecular complexity index is 3100. The molecule has 1 spiro atoms. The average molecular weight is 804 g/mol. The fraction of sp³-hybridized carbons (Fsp3) is 0.0645. The summed E-state index contributed by atoms with van der Waals surface area (Å²) in [6.45, 7) is 0. The van der Waals surface area contributed by atoms with Gasteiger partial charge in [0.2, 0.25) is 0 Å². The lowest BCUT2D eigenvalue weighted by molar-refractivity contribution is 0.250. The number of fused-ring (bicyclic) bond motifs is 9. The first-order valence-electron chi connectivity index (χ1n) is 22.2. The van der Waals surface area contributed by atoms with Gasteiger partial charge >= 0.3 is 0 Å². The molecule has 0 N–H and O–H groups in total. The molecule has 0 heterocycles. The molecule has 0 saturated heterocycles. The molecule has 0 aromatic heterocycles. The topological polar surface area (TPSA) is 3.24 Å². The molecule has 12 rings (SSSR count). The fourth-order valence-corrected chi connectivity index (χ4v) is 11.7. The summed E-state index contributed by atoms with van der Waals surface area (Å²) in [7, 11) is 0. The summed E-state index contributed by atoms with van der Waals surface area (Å²) in [4.78, 5) is 2.33. The van der Waals surface area contributed by atoms with Crippen LogP contribution in [0, 0.1) is 11.8 Å². The van der Waals surface area contributed by atoms with Crippen LogP contribution in [0.25, 0.3) is 33.4 Å². The van der Waals surface area contributed by atoms with E-state index in [2.05, 4.69) is 266 Å². The predicted molar refractivity (Wildman–Crippen MR) is 262 cm³/mol. The van der Waals surface area contributed by atoms with Gasteiger partial charge in [0, 0.05) is 28.9 Å². The van der Waals surface area contributed by atoms with Gasteiger partial charge in [0.15, 0.2) is 0 Å². The maximum atomic E-state index is 2.54. The highest BCUT2D eigenvalue weighted by molar-refractivity contribution is 5.89. The number of benzene rings is 9. The molecule has 0 fully saturated rings. The van der Waals surface area contributed by atoms with E-state index >= 15 is 0 Å². The summed E-state index contributed by atoms with van der Waals surface area (Å²) < 4.78 is 0. The summed E-state index contributed by atoms with van der Waals surface area (Å²) in [5, 5.41) is 0. The highest BCUT2D eigenvalue weighted by atomic mass is 15.1. The Morgan fingerprint density at radius 2 is 0.714 bits per heavy atom. The minimum Gasteiger partial charge on any atom is -0.310 e. The first-order chi connectivity index (χ1) is 31.3. The number of anilines is 3. The van der Waals surface area contributed by atoms with Crippen molar-refractivity contribution in [2.24, 2.45) is 11.8 Å². The quantitative estimate of drug-likeness (QED) is 0.155. The summed E-state index contributed by atoms with van der Waals surface area (Å²) in [5.74, 6) is 0.258. The Morgan fingerprint density at radius 3 is 1.32 bits per heavy atom. The number of hydrogen-bond donors (Lipinski definition) is 0. The molecule has 0 aliphatic heterocycles. The van der Waals surface area contributed by atoms with Gasteiger partial charge in [-0.25, -0.2) is 0 Å². The minimum atomic E-state index is -0.429. The smallest absolute Gasteiger partial charge is 0.0535 e. The molecule has 0 radical (unpaired) electrons. The number of para-hydroxylation sites is 2. The van der Waals surface area contributed by atoms with Gasteiger partial charge in [0.25, 0.3) is 0 Å². The molecule has 63 heavy (non-hydrogen) atoms. The first-order valence-corrected chi connectivity index (χ1v) is 22.2. The monoisotopic (exact) mass is 803 g/mol. The maximum absolute atomic E-state index is 2.54. The van der Waals surface area contributed by atoms with E-state index in [4.69, 9.17) is 0 Å². The molecule has 0 bridgehead atoms. The third-order valence-corrected chi connectivity index (χ3v) is 14.1. The second-order valence-electron chi connectivity index (χ2n) is 17.2. The van der Waals surface area contributed by atoms with Crippen LogP contribution in [0.3, 0.4) is 0 Å². The molecule has 3 aliphatic rings. The van der Waals surface area contributed by atoms with Gasteiger partial charge in [-0.1, -0.05) is 212 Å². The third-order valence-electron chi connectivity index (χ3n) is 14.1. The Balaban J connectivity index is 1.04. The second-order valence-corrected chi connectivity index (χ2v) is 17.2. The molecule has 9 aromatic carbocycles. The molecule has 3 unspecified atom stereocenters. The van der Waals surface area contributed by atoms with Crippen LogP contribution in [-0.4, -0.2) is 0 Å². The van der Waals surface area contributed by atoms with E-state index in [9.17, 15) is 0 Å². The summed E-state index contributed by atoms with van der Waals surface area (Å²) in [5.41, 5.74) is 18.2. The molecule has 9 aromatic rings. The van der Waals surface area contributed by atoms with Crippen LogP contribution in [0.15, 0.2) is 261 Å². The van der Waals surface area contributed by atoms with Crippen LogP contribution in [0.5, 0.6) is 0 Å². The average Bonchev–Trinajstić information content (AvgIpc) is 3.66. The van der Waals surface area contributed by atoms with Gasteiger partial charge in [0.05, 0.1) is 10.8 Å². The second kappa shape index (κ2) is 15.0. The lowest BCUT2D eigenvalue weighted by atomic mass is 9.44. The summed E-state index contributed by atoms with van der Waals surface area (Å²) >= 11 is 0. The van der Waals surface area contributed by atoms with Gasteiger partial charge in [-0.3, -0.25) is 0 Å². The Morgan fingerprint density at radius 1 is 0.286 bits per heavy atom. The van der Waals surface area contributed by atoms with Gasteiger partial charge in [-0.05, 0) is 115 Å². The van der Waals surface area contributed by atoms with E-state index in [0.29, 0.717) is 0 Å². The molecule has 3 atom stereocenters. The molecular weight excluding hydrogens is 759 g/mol. The summed E-state index contributed by atoms with van der Waals surface area (Å²) in [6, 6.07) is 87.8. The molecule has 1 nitrogen and oxygen atoms in total. The van der Waals surface area contributed by atoms with Crippen molar-refractivity contribution in [3.63, 3.8) is 0 Å². The zero-order valence-electron chi connectivity index (χ0n) is 34.9. The van der Waals surface area contributed by atoms with Crippen molar-refractivity contribution in [2.45, 2.75) is 10.8 Å². The Hall–Kier alpha value is -7.74. The Kier molecular flexibility index (Phi) is 8.83. The van der Waals surface area contributed by atoms with Gasteiger partial charge < -0.3 is 4.90 Å². The van der Waals surface area contributed by atoms with E-state index < -0.39 is 10.8 Å². The van der Waals surface area contributed by atoms with E-state index in [1.54, 1.807) is 0 Å². The highest BCUT2D eigenvalue weighted by Crippen LogP contribution is 2.67. The minimum absolute atomic E-state index is 0.127. The van der Waals surface area contributed by atoms with Crippen molar-refractivity contribution in [3.8, 4) is 33.4 Å². The zero-order chi connectivity index (χ0) is 41.8. The van der Waals surface area contributed by atoms with Gasteiger partial charge in [-0.2, -0.15) is 0 Å². The fourth-order valence-electron chi connectivity index (χ4n) is 11.7. The van der Waals surface area contributed by atoms with E-state index in [1.165, 1.54) is 66.8 Å². The van der Waals surface area contributed by atoms with Crippen LogP contribution >= 0.6 is 0 Å². The van der Waals surface area contributed by atoms with E-state index in [1.807, 2.05) is 0 Å². The molecule has 0 amide bonds. The largest absolute Gasteiger partial charge is 0.310 e. The lowest BCUT2D eigenvalue weighted by Gasteiger charge is -2.57. The van der Waals surface area contributed by atoms with Crippen LogP contribution in [0.4, 0.5) is 17.1 Å². The first kappa shape index (κ1) is 37.1. The van der Waals surface area contributed by atoms with Crippen molar-refractivity contribution in [1.82, 2.24) is 0 Å². The normalized spacial score (nSPS) is 18.5. The standard InChI is InChI=1S/C62H45N/c1-5-24-48(25-6-1)61(49-26-7-2-8-27-49)56-35-15-17-37-58(56)62(59-38-18-16-36-57(59)61)55-34-14-13-33-53(55)54-40-39-47(43-60(54)62)45-22-19-21-44(41-45)46-23-20-32-52(42-46)63(50-28-9-3-10-29-50)51-30-11-4-12-31-51/h1-43,56,58H.